The van der Waals surface area contributed by atoms with Crippen LogP contribution in [0.4, 0.5) is 17.1 Å². The van der Waals surface area contributed by atoms with Crippen LogP contribution in [0, 0.1) is 0 Å². The first kappa shape index (κ1) is 18.8. The first-order valence-corrected chi connectivity index (χ1v) is 10.3. The summed E-state index contributed by atoms with van der Waals surface area (Å²) in [5.41, 5.74) is 4.70. The van der Waals surface area contributed by atoms with Crippen molar-refractivity contribution in [1.29, 1.82) is 0 Å². The Kier molecular flexibility index (Phi) is 5.53. The molecule has 148 valence electrons. The fraction of sp³-hybridized carbons (Fsp3) is 0.435. The Morgan fingerprint density at radius 1 is 1.04 bits per heavy atom. The van der Waals surface area contributed by atoms with Crippen LogP contribution in [-0.2, 0) is 11.2 Å². The summed E-state index contributed by atoms with van der Waals surface area (Å²) in [6.45, 7) is 7.15. The third kappa shape index (κ3) is 3.99. The SMILES string of the molecule is CC1Cc2ccccc2N1C(=O)CCNc1ccc(N2CCN(C)CC2)cc1. The molecule has 2 aliphatic rings. The first-order valence-electron chi connectivity index (χ1n) is 10.3. The topological polar surface area (TPSA) is 38.8 Å². The number of anilines is 3. The summed E-state index contributed by atoms with van der Waals surface area (Å²) < 4.78 is 0. The van der Waals surface area contributed by atoms with Crippen molar-refractivity contribution in [3.63, 3.8) is 0 Å². The number of piperazine rings is 1. The van der Waals surface area contributed by atoms with Crippen LogP contribution in [0.15, 0.2) is 48.5 Å². The van der Waals surface area contributed by atoms with Crippen molar-refractivity contribution in [2.75, 3.05) is 54.9 Å². The fourth-order valence-electron chi connectivity index (χ4n) is 4.23. The van der Waals surface area contributed by atoms with Crippen molar-refractivity contribution in [3.8, 4) is 0 Å². The minimum Gasteiger partial charge on any atom is -0.385 e. The maximum absolute atomic E-state index is 12.8. The summed E-state index contributed by atoms with van der Waals surface area (Å²) in [4.78, 5) is 19.5. The summed E-state index contributed by atoms with van der Waals surface area (Å²) in [5, 5.41) is 3.40. The van der Waals surface area contributed by atoms with E-state index in [0.717, 1.165) is 44.0 Å². The molecule has 0 saturated carbocycles. The average Bonchev–Trinajstić information content (AvgIpc) is 3.05. The zero-order chi connectivity index (χ0) is 19.5. The molecule has 0 radical (unpaired) electrons. The van der Waals surface area contributed by atoms with Crippen LogP contribution in [0.1, 0.15) is 18.9 Å². The fourth-order valence-corrected chi connectivity index (χ4v) is 4.23. The minimum absolute atomic E-state index is 0.194. The van der Waals surface area contributed by atoms with E-state index in [1.807, 2.05) is 17.0 Å². The Bertz CT molecular complexity index is 812. The molecule has 2 aliphatic heterocycles. The monoisotopic (exact) mass is 378 g/mol. The van der Waals surface area contributed by atoms with Gasteiger partial charge < -0.3 is 20.0 Å². The van der Waals surface area contributed by atoms with Gasteiger partial charge in [0.25, 0.3) is 0 Å². The minimum atomic E-state index is 0.194. The van der Waals surface area contributed by atoms with E-state index in [9.17, 15) is 4.79 Å². The van der Waals surface area contributed by atoms with Crippen LogP contribution in [0.25, 0.3) is 0 Å². The molecule has 28 heavy (non-hydrogen) atoms. The van der Waals surface area contributed by atoms with Gasteiger partial charge in [-0.05, 0) is 56.3 Å². The second kappa shape index (κ2) is 8.23. The zero-order valence-corrected chi connectivity index (χ0v) is 16.9. The van der Waals surface area contributed by atoms with Crippen molar-refractivity contribution in [3.05, 3.63) is 54.1 Å². The van der Waals surface area contributed by atoms with E-state index in [1.165, 1.54) is 11.3 Å². The Labute approximate surface area is 167 Å². The normalized spacial score (nSPS) is 19.6. The number of hydrogen-bond donors (Lipinski definition) is 1. The summed E-state index contributed by atoms with van der Waals surface area (Å²) in [6, 6.07) is 17.1. The van der Waals surface area contributed by atoms with Gasteiger partial charge in [-0.2, -0.15) is 0 Å². The molecule has 0 aliphatic carbocycles. The molecule has 5 nitrogen and oxygen atoms in total. The Morgan fingerprint density at radius 3 is 2.50 bits per heavy atom. The number of hydrogen-bond acceptors (Lipinski definition) is 4. The number of para-hydroxylation sites is 1. The number of amides is 1. The van der Waals surface area contributed by atoms with Gasteiger partial charge in [0.05, 0.1) is 0 Å². The number of fused-ring (bicyclic) bond motifs is 1. The van der Waals surface area contributed by atoms with E-state index in [4.69, 9.17) is 0 Å². The van der Waals surface area contributed by atoms with E-state index >= 15 is 0 Å². The highest BCUT2D eigenvalue weighted by atomic mass is 16.2. The van der Waals surface area contributed by atoms with Gasteiger partial charge in [-0.3, -0.25) is 4.79 Å². The van der Waals surface area contributed by atoms with Gasteiger partial charge in [-0.15, -0.1) is 0 Å². The average molecular weight is 379 g/mol. The number of benzene rings is 2. The van der Waals surface area contributed by atoms with Gasteiger partial charge in [0, 0.05) is 62.2 Å². The summed E-state index contributed by atoms with van der Waals surface area (Å²) in [5.74, 6) is 0.194. The molecule has 1 atom stereocenters. The summed E-state index contributed by atoms with van der Waals surface area (Å²) in [6.07, 6.45) is 1.45. The molecule has 2 aromatic carbocycles. The standard InChI is InChI=1S/C23H30N4O/c1-18-17-19-5-3-4-6-22(19)27(18)23(28)11-12-24-20-7-9-21(10-8-20)26-15-13-25(2)14-16-26/h3-10,18,24H,11-17H2,1-2H3. The lowest BCUT2D eigenvalue weighted by atomic mass is 10.1. The number of carbonyl (C=O) groups excluding carboxylic acids is 1. The summed E-state index contributed by atoms with van der Waals surface area (Å²) in [7, 11) is 2.17. The Balaban J connectivity index is 1.29. The van der Waals surface area contributed by atoms with E-state index in [0.29, 0.717) is 13.0 Å². The highest BCUT2D eigenvalue weighted by Gasteiger charge is 2.29. The van der Waals surface area contributed by atoms with E-state index in [1.54, 1.807) is 0 Å². The highest BCUT2D eigenvalue weighted by molar-refractivity contribution is 5.96. The van der Waals surface area contributed by atoms with Crippen LogP contribution in [0.3, 0.4) is 0 Å². The number of carbonyl (C=O) groups is 1. The lowest BCUT2D eigenvalue weighted by Gasteiger charge is -2.34. The molecule has 0 spiro atoms. The third-order valence-corrected chi connectivity index (χ3v) is 5.88. The van der Waals surface area contributed by atoms with Gasteiger partial charge in [-0.25, -0.2) is 0 Å². The van der Waals surface area contributed by atoms with Crippen LogP contribution < -0.4 is 15.1 Å². The molecule has 0 bridgehead atoms. The van der Waals surface area contributed by atoms with Crippen LogP contribution in [0.2, 0.25) is 0 Å². The van der Waals surface area contributed by atoms with Crippen molar-refractivity contribution in [1.82, 2.24) is 4.90 Å². The quantitative estimate of drug-likeness (QED) is 0.867. The molecule has 1 fully saturated rings. The number of likely N-dealkylation sites (N-methyl/N-ethyl adjacent to an activating group) is 1. The van der Waals surface area contributed by atoms with Crippen LogP contribution >= 0.6 is 0 Å². The van der Waals surface area contributed by atoms with Gasteiger partial charge in [-0.1, -0.05) is 18.2 Å². The molecular weight excluding hydrogens is 348 g/mol. The Morgan fingerprint density at radius 2 is 1.75 bits per heavy atom. The molecule has 5 heteroatoms. The van der Waals surface area contributed by atoms with Gasteiger partial charge in [0.2, 0.25) is 5.91 Å². The zero-order valence-electron chi connectivity index (χ0n) is 16.9. The number of nitrogens with zero attached hydrogens (tertiary/aromatic N) is 3. The molecule has 1 unspecified atom stereocenters. The maximum Gasteiger partial charge on any atom is 0.229 e. The van der Waals surface area contributed by atoms with Crippen molar-refractivity contribution in [2.45, 2.75) is 25.8 Å². The molecule has 2 heterocycles. The van der Waals surface area contributed by atoms with Crippen LogP contribution in [-0.4, -0.2) is 56.6 Å². The van der Waals surface area contributed by atoms with Gasteiger partial charge in [0.1, 0.15) is 0 Å². The smallest absolute Gasteiger partial charge is 0.229 e. The first-order chi connectivity index (χ1) is 13.6. The molecule has 1 amide bonds. The van der Waals surface area contributed by atoms with Crippen molar-refractivity contribution < 1.29 is 4.79 Å². The predicted molar refractivity (Wildman–Crippen MR) is 116 cm³/mol. The number of nitrogens with one attached hydrogen (secondary N) is 1. The van der Waals surface area contributed by atoms with E-state index in [-0.39, 0.29) is 11.9 Å². The molecule has 4 rings (SSSR count). The second-order valence-electron chi connectivity index (χ2n) is 7.96. The molecule has 1 saturated heterocycles. The second-order valence-corrected chi connectivity index (χ2v) is 7.96. The van der Waals surface area contributed by atoms with Crippen molar-refractivity contribution >= 4 is 23.0 Å². The highest BCUT2D eigenvalue weighted by Crippen LogP contribution is 2.32. The van der Waals surface area contributed by atoms with Gasteiger partial charge in [0.15, 0.2) is 0 Å². The summed E-state index contributed by atoms with van der Waals surface area (Å²) >= 11 is 0. The number of rotatable bonds is 5. The largest absolute Gasteiger partial charge is 0.385 e. The molecule has 2 aromatic rings. The third-order valence-electron chi connectivity index (χ3n) is 5.88. The lowest BCUT2D eigenvalue weighted by Crippen LogP contribution is -2.44. The predicted octanol–water partition coefficient (Wildman–Crippen LogP) is 3.22. The molecule has 0 aromatic heterocycles. The van der Waals surface area contributed by atoms with E-state index < -0.39 is 0 Å². The van der Waals surface area contributed by atoms with Crippen molar-refractivity contribution in [2.24, 2.45) is 0 Å². The maximum atomic E-state index is 12.8. The molecule has 1 N–H and O–H groups in total. The van der Waals surface area contributed by atoms with Crippen LogP contribution in [0.5, 0.6) is 0 Å². The lowest BCUT2D eigenvalue weighted by molar-refractivity contribution is -0.118. The Hall–Kier alpha value is -2.53. The molecular formula is C23H30N4O. The van der Waals surface area contributed by atoms with E-state index in [2.05, 4.69) is 65.5 Å². The van der Waals surface area contributed by atoms with Gasteiger partial charge >= 0.3 is 0 Å².